The lowest BCUT2D eigenvalue weighted by atomic mass is 9.91. The number of benzene rings is 1. The predicted octanol–water partition coefficient (Wildman–Crippen LogP) is 3.06. The third-order valence-electron chi connectivity index (χ3n) is 7.08. The van der Waals surface area contributed by atoms with Crippen LogP contribution in [0.2, 0.25) is 5.02 Å². The largest absolute Gasteiger partial charge is 0.388 e. The van der Waals surface area contributed by atoms with Crippen molar-refractivity contribution in [3.8, 4) is 16.8 Å². The average molecular weight is 505 g/mol. The van der Waals surface area contributed by atoms with Crippen molar-refractivity contribution in [3.63, 3.8) is 0 Å². The molecule has 4 heterocycles. The number of nitrogens with zero attached hydrogens (tertiary/aromatic N) is 6. The second-order valence-corrected chi connectivity index (χ2v) is 10.2. The molecule has 1 saturated heterocycles. The molecular formula is C26H25ClN6O3. The van der Waals surface area contributed by atoms with Crippen molar-refractivity contribution in [1.29, 1.82) is 0 Å². The van der Waals surface area contributed by atoms with Crippen LogP contribution in [-0.4, -0.2) is 58.9 Å². The van der Waals surface area contributed by atoms with Crippen LogP contribution in [0.15, 0.2) is 60.0 Å². The summed E-state index contributed by atoms with van der Waals surface area (Å²) < 4.78 is 3.07. The van der Waals surface area contributed by atoms with Gasteiger partial charge in [0, 0.05) is 37.0 Å². The zero-order chi connectivity index (χ0) is 24.9. The number of aromatic nitrogens is 5. The molecule has 0 radical (unpaired) electrons. The van der Waals surface area contributed by atoms with E-state index in [9.17, 15) is 14.7 Å². The van der Waals surface area contributed by atoms with Gasteiger partial charge in [0.05, 0.1) is 29.1 Å². The van der Waals surface area contributed by atoms with Crippen LogP contribution in [0.4, 0.5) is 0 Å². The molecule has 1 aromatic carbocycles. The molecule has 1 aliphatic carbocycles. The van der Waals surface area contributed by atoms with Gasteiger partial charge in [0.2, 0.25) is 5.91 Å². The monoisotopic (exact) mass is 504 g/mol. The van der Waals surface area contributed by atoms with E-state index in [1.165, 1.54) is 17.1 Å². The fourth-order valence-electron chi connectivity index (χ4n) is 4.84. The molecule has 1 amide bonds. The number of carbonyl (C=O) groups excluding carboxylic acids is 1. The molecular weight excluding hydrogens is 480 g/mol. The molecule has 9 nitrogen and oxygen atoms in total. The number of fused-ring (bicyclic) bond motifs is 1. The van der Waals surface area contributed by atoms with E-state index in [1.807, 2.05) is 35.2 Å². The molecule has 36 heavy (non-hydrogen) atoms. The quantitative estimate of drug-likeness (QED) is 0.447. The summed E-state index contributed by atoms with van der Waals surface area (Å²) in [6.45, 7) is 1.14. The zero-order valence-corrected chi connectivity index (χ0v) is 20.3. The molecule has 10 heteroatoms. The second kappa shape index (κ2) is 8.83. The number of halogens is 1. The Morgan fingerprint density at radius 3 is 2.67 bits per heavy atom. The molecule has 1 aliphatic heterocycles. The fourth-order valence-corrected chi connectivity index (χ4v) is 5.02. The first-order valence-corrected chi connectivity index (χ1v) is 12.4. The van der Waals surface area contributed by atoms with E-state index < -0.39 is 5.60 Å². The molecule has 6 rings (SSSR count). The Balaban J connectivity index is 1.25. The smallest absolute Gasteiger partial charge is 0.264 e. The highest BCUT2D eigenvalue weighted by Gasteiger charge is 2.39. The molecule has 0 bridgehead atoms. The number of pyridine rings is 1. The molecule has 0 atom stereocenters. The van der Waals surface area contributed by atoms with Crippen LogP contribution in [0.25, 0.3) is 27.8 Å². The Bertz CT molecular complexity index is 1520. The summed E-state index contributed by atoms with van der Waals surface area (Å²) in [6, 6.07) is 9.51. The molecule has 184 valence electrons. The van der Waals surface area contributed by atoms with Gasteiger partial charge in [0.15, 0.2) is 5.65 Å². The Morgan fingerprint density at radius 1 is 1.11 bits per heavy atom. The summed E-state index contributed by atoms with van der Waals surface area (Å²) in [7, 11) is 0. The van der Waals surface area contributed by atoms with E-state index in [-0.39, 0.29) is 23.9 Å². The minimum absolute atomic E-state index is 0.128. The molecule has 2 aliphatic rings. The summed E-state index contributed by atoms with van der Waals surface area (Å²) in [5.41, 5.74) is 1.65. The number of rotatable bonds is 5. The number of piperidine rings is 1. The molecule has 2 fully saturated rings. The maximum Gasteiger partial charge on any atom is 0.264 e. The predicted molar refractivity (Wildman–Crippen MR) is 135 cm³/mol. The van der Waals surface area contributed by atoms with Gasteiger partial charge in [0.25, 0.3) is 5.56 Å². The molecule has 4 aromatic rings. The van der Waals surface area contributed by atoms with Crippen molar-refractivity contribution in [2.24, 2.45) is 5.92 Å². The van der Waals surface area contributed by atoms with Crippen LogP contribution in [-0.2, 0) is 11.3 Å². The van der Waals surface area contributed by atoms with Crippen molar-refractivity contribution < 1.29 is 9.90 Å². The van der Waals surface area contributed by atoms with E-state index in [1.54, 1.807) is 17.1 Å². The number of aliphatic hydroxyl groups is 1. The Labute approximate surface area is 212 Å². The highest BCUT2D eigenvalue weighted by atomic mass is 35.5. The first-order valence-electron chi connectivity index (χ1n) is 12.1. The van der Waals surface area contributed by atoms with Gasteiger partial charge in [-0.25, -0.2) is 9.67 Å². The van der Waals surface area contributed by atoms with E-state index in [4.69, 9.17) is 11.6 Å². The number of amides is 1. The van der Waals surface area contributed by atoms with Crippen molar-refractivity contribution in [3.05, 3.63) is 70.6 Å². The van der Waals surface area contributed by atoms with Gasteiger partial charge in [-0.1, -0.05) is 23.7 Å². The lowest BCUT2D eigenvalue weighted by molar-refractivity contribution is -0.137. The molecule has 1 N–H and O–H groups in total. The van der Waals surface area contributed by atoms with E-state index >= 15 is 0 Å². The van der Waals surface area contributed by atoms with Crippen molar-refractivity contribution in [2.45, 2.75) is 37.8 Å². The molecule has 0 spiro atoms. The van der Waals surface area contributed by atoms with Crippen molar-refractivity contribution >= 4 is 28.5 Å². The maximum atomic E-state index is 13.3. The SMILES string of the molecule is O=C(C1CC1)N1CCC(O)(Cn2cnc3c(cnn3-c3cccc(-c4cncc(Cl)c4)c3)c2=O)CC1. The summed E-state index contributed by atoms with van der Waals surface area (Å²) in [5, 5.41) is 16.5. The minimum Gasteiger partial charge on any atom is -0.388 e. The highest BCUT2D eigenvalue weighted by Crippen LogP contribution is 2.33. The van der Waals surface area contributed by atoms with Crippen LogP contribution >= 0.6 is 11.6 Å². The lowest BCUT2D eigenvalue weighted by Gasteiger charge is -2.38. The average Bonchev–Trinajstić information content (AvgIpc) is 3.64. The first-order chi connectivity index (χ1) is 17.4. The Morgan fingerprint density at radius 2 is 1.92 bits per heavy atom. The Hall–Kier alpha value is -3.56. The normalized spacial score (nSPS) is 17.4. The summed E-state index contributed by atoms with van der Waals surface area (Å²) in [5.74, 6) is 0.366. The second-order valence-electron chi connectivity index (χ2n) is 9.74. The topological polar surface area (TPSA) is 106 Å². The van der Waals surface area contributed by atoms with Crippen LogP contribution in [0.1, 0.15) is 25.7 Å². The van der Waals surface area contributed by atoms with Crippen molar-refractivity contribution in [2.75, 3.05) is 13.1 Å². The van der Waals surface area contributed by atoms with Crippen LogP contribution in [0, 0.1) is 5.92 Å². The van der Waals surface area contributed by atoms with E-state index in [2.05, 4.69) is 15.1 Å². The van der Waals surface area contributed by atoms with Gasteiger partial charge in [-0.2, -0.15) is 5.10 Å². The maximum absolute atomic E-state index is 13.3. The standard InChI is InChI=1S/C26H25ClN6O3/c27-20-10-19(12-28-13-20)18-2-1-3-21(11-18)33-23-22(14-30-33)25(35)32(16-29-23)15-26(36)6-8-31(9-7-26)24(34)17-4-5-17/h1-3,10-14,16-17,36H,4-9,15H2. The van der Waals surface area contributed by atoms with Gasteiger partial charge < -0.3 is 10.0 Å². The third-order valence-corrected chi connectivity index (χ3v) is 7.29. The lowest BCUT2D eigenvalue weighted by Crippen LogP contribution is -2.50. The number of carbonyl (C=O) groups is 1. The summed E-state index contributed by atoms with van der Waals surface area (Å²) >= 11 is 6.10. The van der Waals surface area contributed by atoms with Gasteiger partial charge in [-0.3, -0.25) is 19.1 Å². The first kappa shape index (κ1) is 22.9. The summed E-state index contributed by atoms with van der Waals surface area (Å²) in [4.78, 5) is 36.1. The van der Waals surface area contributed by atoms with Crippen LogP contribution in [0.3, 0.4) is 0 Å². The van der Waals surface area contributed by atoms with Crippen LogP contribution in [0.5, 0.6) is 0 Å². The molecule has 3 aromatic heterocycles. The van der Waals surface area contributed by atoms with E-state index in [0.717, 1.165) is 29.7 Å². The minimum atomic E-state index is -1.06. The number of hydrogen-bond acceptors (Lipinski definition) is 6. The fraction of sp³-hybridized carbons (Fsp3) is 0.346. The molecule has 0 unspecified atom stereocenters. The number of hydrogen-bond donors (Lipinski definition) is 1. The van der Waals surface area contributed by atoms with Crippen molar-refractivity contribution in [1.82, 2.24) is 29.2 Å². The molecule has 1 saturated carbocycles. The highest BCUT2D eigenvalue weighted by molar-refractivity contribution is 6.30. The Kier molecular flexibility index (Phi) is 5.61. The number of likely N-dealkylation sites (tertiary alicyclic amines) is 1. The van der Waals surface area contributed by atoms with E-state index in [0.29, 0.717) is 42.0 Å². The van der Waals surface area contributed by atoms with Gasteiger partial charge >= 0.3 is 0 Å². The van der Waals surface area contributed by atoms with Gasteiger partial charge in [-0.15, -0.1) is 0 Å². The van der Waals surface area contributed by atoms with Gasteiger partial charge in [0.1, 0.15) is 11.7 Å². The zero-order valence-electron chi connectivity index (χ0n) is 19.5. The third kappa shape index (κ3) is 4.29. The summed E-state index contributed by atoms with van der Waals surface area (Å²) in [6.07, 6.45) is 9.09. The van der Waals surface area contributed by atoms with Crippen LogP contribution < -0.4 is 5.56 Å². The van der Waals surface area contributed by atoms with Gasteiger partial charge in [-0.05, 0) is 49.4 Å².